The number of hydrogen-bond donors (Lipinski definition) is 1. The monoisotopic (exact) mass is 750 g/mol. The second-order valence-electron chi connectivity index (χ2n) is 17.6. The van der Waals surface area contributed by atoms with Gasteiger partial charge in [0, 0.05) is 44.7 Å². The molecule has 0 fully saturated rings. The zero-order valence-electron chi connectivity index (χ0n) is 33.9. The maximum absolute atomic E-state index is 5.78. The molecule has 0 atom stereocenters. The number of pyridine rings is 1. The summed E-state index contributed by atoms with van der Waals surface area (Å²) in [5, 5.41) is 4.79. The number of nitrogens with zero attached hydrogens (tertiary/aromatic N) is 3. The first-order valence-corrected chi connectivity index (χ1v) is 20.2. The topological polar surface area (TPSA) is 46.5 Å². The molecular weight excluding hydrogens is 705 g/mol. The van der Waals surface area contributed by atoms with Gasteiger partial charge in [-0.05, 0) is 105 Å². The number of benzene rings is 7. The zero-order valence-corrected chi connectivity index (χ0v) is 33.9. The summed E-state index contributed by atoms with van der Waals surface area (Å²) in [6.45, 7) is 13.8. The van der Waals surface area contributed by atoms with Crippen molar-refractivity contribution in [3.05, 3.63) is 175 Å². The standard InChI is InChI=1S/C54H46N4/c1-53(2,3)37-26-27-47-43(31-37)44-32-38(54(4,5)6)33-45(50(44)56-47)52-57-51-41(36-29-35-19-10-11-20-39(35)42(30-36)46-23-14-15-28-55-46)22-16-25-49(51)58(52)48-24-13-12-21-40(48)34-17-8-7-9-18-34/h7-33,56H,1-6H3. The normalized spacial score (nSPS) is 12.3. The highest BCUT2D eigenvalue weighted by Gasteiger charge is 2.26. The third kappa shape index (κ3) is 5.99. The van der Waals surface area contributed by atoms with Crippen molar-refractivity contribution in [1.29, 1.82) is 0 Å². The van der Waals surface area contributed by atoms with Gasteiger partial charge >= 0.3 is 0 Å². The molecule has 10 aromatic rings. The number of hydrogen-bond acceptors (Lipinski definition) is 2. The lowest BCUT2D eigenvalue weighted by molar-refractivity contribution is 0.590. The van der Waals surface area contributed by atoms with E-state index >= 15 is 0 Å². The van der Waals surface area contributed by atoms with Gasteiger partial charge < -0.3 is 4.98 Å². The first kappa shape index (κ1) is 35.6. The van der Waals surface area contributed by atoms with Crippen LogP contribution >= 0.6 is 0 Å². The van der Waals surface area contributed by atoms with E-state index < -0.39 is 0 Å². The fourth-order valence-electron chi connectivity index (χ4n) is 8.56. The zero-order chi connectivity index (χ0) is 39.8. The lowest BCUT2D eigenvalue weighted by atomic mass is 9.84. The minimum atomic E-state index is -0.106. The lowest BCUT2D eigenvalue weighted by Crippen LogP contribution is -2.11. The van der Waals surface area contributed by atoms with Crippen molar-refractivity contribution in [3.8, 4) is 50.6 Å². The third-order valence-corrected chi connectivity index (χ3v) is 11.7. The largest absolute Gasteiger partial charge is 0.354 e. The smallest absolute Gasteiger partial charge is 0.147 e. The van der Waals surface area contributed by atoms with Gasteiger partial charge in [-0.3, -0.25) is 9.55 Å². The van der Waals surface area contributed by atoms with Crippen LogP contribution < -0.4 is 0 Å². The van der Waals surface area contributed by atoms with Crippen LogP contribution in [0.3, 0.4) is 0 Å². The van der Waals surface area contributed by atoms with Crippen LogP contribution in [-0.4, -0.2) is 19.5 Å². The molecule has 4 nitrogen and oxygen atoms in total. The van der Waals surface area contributed by atoms with Crippen LogP contribution in [0.2, 0.25) is 0 Å². The lowest BCUT2D eigenvalue weighted by Gasteiger charge is -2.21. The van der Waals surface area contributed by atoms with Gasteiger partial charge in [-0.1, -0.05) is 139 Å². The minimum Gasteiger partial charge on any atom is -0.354 e. The fourth-order valence-corrected chi connectivity index (χ4v) is 8.56. The van der Waals surface area contributed by atoms with Gasteiger partial charge in [0.1, 0.15) is 5.82 Å². The Hall–Kier alpha value is -6.78. The van der Waals surface area contributed by atoms with Crippen LogP contribution in [0.5, 0.6) is 0 Å². The van der Waals surface area contributed by atoms with E-state index in [1.54, 1.807) is 0 Å². The molecule has 0 saturated heterocycles. The summed E-state index contributed by atoms with van der Waals surface area (Å²) < 4.78 is 2.40. The Bertz CT molecular complexity index is 3170. The molecule has 0 spiro atoms. The Labute approximate surface area is 339 Å². The highest BCUT2D eigenvalue weighted by molar-refractivity contribution is 6.13. The second-order valence-corrected chi connectivity index (χ2v) is 17.6. The van der Waals surface area contributed by atoms with E-state index in [1.165, 1.54) is 32.7 Å². The summed E-state index contributed by atoms with van der Waals surface area (Å²) in [6.07, 6.45) is 1.87. The van der Waals surface area contributed by atoms with Crippen molar-refractivity contribution in [2.75, 3.05) is 0 Å². The van der Waals surface area contributed by atoms with Gasteiger partial charge in [0.05, 0.1) is 27.9 Å². The van der Waals surface area contributed by atoms with E-state index in [1.807, 2.05) is 12.3 Å². The van der Waals surface area contributed by atoms with Crippen LogP contribution in [0.4, 0.5) is 0 Å². The van der Waals surface area contributed by atoms with Crippen molar-refractivity contribution in [1.82, 2.24) is 19.5 Å². The molecule has 3 aromatic heterocycles. The molecule has 282 valence electrons. The van der Waals surface area contributed by atoms with E-state index in [4.69, 9.17) is 9.97 Å². The van der Waals surface area contributed by atoms with Crippen molar-refractivity contribution < 1.29 is 0 Å². The van der Waals surface area contributed by atoms with Gasteiger partial charge in [-0.15, -0.1) is 0 Å². The summed E-state index contributed by atoms with van der Waals surface area (Å²) in [4.78, 5) is 14.5. The molecule has 0 aliphatic carbocycles. The number of H-pyrrole nitrogens is 1. The molecule has 0 saturated carbocycles. The number of fused-ring (bicyclic) bond motifs is 5. The number of rotatable bonds is 5. The first-order chi connectivity index (χ1) is 28.0. The number of nitrogens with one attached hydrogen (secondary N) is 1. The SMILES string of the molecule is CC(C)(C)c1ccc2[nH]c3c(-c4nc5c(-c6cc(-c7ccccn7)c7ccccc7c6)cccc5n4-c4ccccc4-c4ccccc4)cc(C(C)(C)C)cc3c2c1. The van der Waals surface area contributed by atoms with Crippen LogP contribution in [0.15, 0.2) is 164 Å². The Morgan fingerprint density at radius 3 is 2.02 bits per heavy atom. The van der Waals surface area contributed by atoms with E-state index in [9.17, 15) is 0 Å². The number of aromatic amines is 1. The molecule has 3 heterocycles. The minimum absolute atomic E-state index is 0.0208. The van der Waals surface area contributed by atoms with Crippen LogP contribution in [0, 0.1) is 0 Å². The summed E-state index contributed by atoms with van der Waals surface area (Å²) in [6, 6.07) is 57.0. The van der Waals surface area contributed by atoms with Gasteiger partial charge in [-0.25, -0.2) is 4.98 Å². The molecule has 0 bridgehead atoms. The van der Waals surface area contributed by atoms with Gasteiger partial charge in [0.15, 0.2) is 0 Å². The Kier molecular flexibility index (Phi) is 8.24. The molecule has 0 radical (unpaired) electrons. The van der Waals surface area contributed by atoms with E-state index in [-0.39, 0.29) is 10.8 Å². The molecule has 0 unspecified atom stereocenters. The molecule has 10 rings (SSSR count). The predicted molar refractivity (Wildman–Crippen MR) is 245 cm³/mol. The number of imidazole rings is 1. The van der Waals surface area contributed by atoms with Gasteiger partial charge in [-0.2, -0.15) is 0 Å². The Morgan fingerprint density at radius 2 is 1.22 bits per heavy atom. The summed E-state index contributed by atoms with van der Waals surface area (Å²) in [5.41, 5.74) is 15.4. The Morgan fingerprint density at radius 1 is 0.500 bits per heavy atom. The Balaban J connectivity index is 1.32. The maximum atomic E-state index is 5.78. The van der Waals surface area contributed by atoms with Crippen molar-refractivity contribution in [2.24, 2.45) is 0 Å². The first-order valence-electron chi connectivity index (χ1n) is 20.2. The number of para-hydroxylation sites is 2. The van der Waals surface area contributed by atoms with Crippen molar-refractivity contribution in [2.45, 2.75) is 52.4 Å². The third-order valence-electron chi connectivity index (χ3n) is 11.7. The molecule has 7 aromatic carbocycles. The van der Waals surface area contributed by atoms with Crippen LogP contribution in [0.25, 0.3) is 94.2 Å². The molecule has 0 aliphatic rings. The predicted octanol–water partition coefficient (Wildman–Crippen LogP) is 14.5. The summed E-state index contributed by atoms with van der Waals surface area (Å²) >= 11 is 0. The average molecular weight is 751 g/mol. The van der Waals surface area contributed by atoms with E-state index in [2.05, 4.69) is 203 Å². The molecule has 0 amide bonds. The molecule has 1 N–H and O–H groups in total. The van der Waals surface area contributed by atoms with Crippen molar-refractivity contribution in [3.63, 3.8) is 0 Å². The molecule has 4 heteroatoms. The highest BCUT2D eigenvalue weighted by atomic mass is 15.1. The van der Waals surface area contributed by atoms with E-state index in [0.29, 0.717) is 0 Å². The molecule has 58 heavy (non-hydrogen) atoms. The average Bonchev–Trinajstić information content (AvgIpc) is 3.81. The van der Waals surface area contributed by atoms with Crippen LogP contribution in [0.1, 0.15) is 52.7 Å². The number of aromatic nitrogens is 4. The maximum Gasteiger partial charge on any atom is 0.147 e. The summed E-state index contributed by atoms with van der Waals surface area (Å²) in [7, 11) is 0. The van der Waals surface area contributed by atoms with Crippen LogP contribution in [-0.2, 0) is 10.8 Å². The van der Waals surface area contributed by atoms with Gasteiger partial charge in [0.2, 0.25) is 0 Å². The fraction of sp³-hybridized carbons (Fsp3) is 0.148. The quantitative estimate of drug-likeness (QED) is 0.190. The van der Waals surface area contributed by atoms with E-state index in [0.717, 1.165) is 72.7 Å². The van der Waals surface area contributed by atoms with Crippen molar-refractivity contribution >= 4 is 43.6 Å². The second kappa shape index (κ2) is 13.4. The summed E-state index contributed by atoms with van der Waals surface area (Å²) in [5.74, 6) is 0.898. The highest BCUT2D eigenvalue weighted by Crippen LogP contribution is 2.44. The molecule has 0 aliphatic heterocycles. The van der Waals surface area contributed by atoms with Gasteiger partial charge in [0.25, 0.3) is 0 Å². The molecular formula is C54H46N4.